The zero-order chi connectivity index (χ0) is 16.9. The molecule has 0 atom stereocenters. The van der Waals surface area contributed by atoms with Crippen LogP contribution < -0.4 is 0 Å². The van der Waals surface area contributed by atoms with Crippen LogP contribution in [0.15, 0.2) is 49.6 Å². The number of alkyl halides is 3. The number of hydrogen-bond donors (Lipinski definition) is 1. The van der Waals surface area contributed by atoms with Crippen LogP contribution in [0.1, 0.15) is 11.1 Å². The minimum Gasteiger partial charge on any atom is -0.346 e. The van der Waals surface area contributed by atoms with E-state index in [2.05, 4.69) is 21.6 Å². The molecule has 0 aliphatic carbocycles. The normalized spacial score (nSPS) is 12.1. The van der Waals surface area contributed by atoms with Crippen LogP contribution in [-0.4, -0.2) is 19.6 Å². The third-order valence-corrected chi connectivity index (χ3v) is 3.94. The summed E-state index contributed by atoms with van der Waals surface area (Å²) >= 11 is 0. The number of pyridine rings is 2. The van der Waals surface area contributed by atoms with E-state index in [4.69, 9.17) is 0 Å². The Morgan fingerprint density at radius 2 is 2.04 bits per heavy atom. The average molecular weight is 328 g/mol. The number of aromatic nitrogens is 4. The van der Waals surface area contributed by atoms with E-state index in [-0.39, 0.29) is 0 Å². The van der Waals surface area contributed by atoms with Crippen LogP contribution in [0.4, 0.5) is 13.2 Å². The molecule has 0 saturated heterocycles. The third-order valence-electron chi connectivity index (χ3n) is 3.94. The summed E-state index contributed by atoms with van der Waals surface area (Å²) in [5, 5.41) is 4.62. The first-order valence-electron chi connectivity index (χ1n) is 7.12. The lowest BCUT2D eigenvalue weighted by Crippen LogP contribution is -2.05. The topological polar surface area (TPSA) is 46.0 Å². The standard InChI is InChI=1S/C17H11F3N4/c1-2-10-7-23-24-4-3-11(5-15(10)24)14-9-22-16-13(14)6-12(8-21-16)17(18,19)20/h2-9H,1H2,(H,21,22). The van der Waals surface area contributed by atoms with Gasteiger partial charge in [-0.2, -0.15) is 18.3 Å². The molecule has 4 nitrogen and oxygen atoms in total. The van der Waals surface area contributed by atoms with Crippen LogP contribution in [0, 0.1) is 0 Å². The Morgan fingerprint density at radius 3 is 2.79 bits per heavy atom. The lowest BCUT2D eigenvalue weighted by atomic mass is 10.0. The second-order valence-electron chi connectivity index (χ2n) is 5.37. The van der Waals surface area contributed by atoms with Gasteiger partial charge in [0, 0.05) is 35.1 Å². The monoisotopic (exact) mass is 328 g/mol. The molecule has 4 rings (SSSR count). The number of rotatable bonds is 2. The first-order valence-corrected chi connectivity index (χ1v) is 7.12. The fraction of sp³-hybridized carbons (Fsp3) is 0.0588. The number of fused-ring (bicyclic) bond motifs is 2. The van der Waals surface area contributed by atoms with Crippen molar-refractivity contribution < 1.29 is 13.2 Å². The number of nitrogens with one attached hydrogen (secondary N) is 1. The highest BCUT2D eigenvalue weighted by atomic mass is 19.4. The molecule has 0 aliphatic rings. The Balaban J connectivity index is 1.94. The van der Waals surface area contributed by atoms with Gasteiger partial charge in [0.15, 0.2) is 0 Å². The summed E-state index contributed by atoms with van der Waals surface area (Å²) in [5.74, 6) is 0. The molecule has 4 heterocycles. The molecule has 0 spiro atoms. The molecule has 0 amide bonds. The van der Waals surface area contributed by atoms with Crippen molar-refractivity contribution in [3.63, 3.8) is 0 Å². The fourth-order valence-electron chi connectivity index (χ4n) is 2.72. The van der Waals surface area contributed by atoms with Gasteiger partial charge >= 0.3 is 6.18 Å². The Morgan fingerprint density at radius 1 is 1.21 bits per heavy atom. The van der Waals surface area contributed by atoms with Gasteiger partial charge in [0.25, 0.3) is 0 Å². The molecule has 0 aromatic carbocycles. The van der Waals surface area contributed by atoms with Crippen molar-refractivity contribution in [3.05, 3.63) is 60.7 Å². The fourth-order valence-corrected chi connectivity index (χ4v) is 2.72. The molecule has 4 aromatic rings. The summed E-state index contributed by atoms with van der Waals surface area (Å²) in [4.78, 5) is 6.79. The molecule has 0 saturated carbocycles. The molecule has 0 fully saturated rings. The van der Waals surface area contributed by atoms with Crippen molar-refractivity contribution in [2.24, 2.45) is 0 Å². The lowest BCUT2D eigenvalue weighted by molar-refractivity contribution is -0.137. The van der Waals surface area contributed by atoms with Gasteiger partial charge in [-0.1, -0.05) is 12.7 Å². The Hall–Kier alpha value is -3.09. The molecule has 0 unspecified atom stereocenters. The van der Waals surface area contributed by atoms with Crippen LogP contribution in [0.5, 0.6) is 0 Å². The van der Waals surface area contributed by atoms with E-state index in [9.17, 15) is 13.2 Å². The third kappa shape index (κ3) is 2.17. The minimum absolute atomic E-state index is 0.412. The average Bonchev–Trinajstić information content (AvgIpc) is 3.16. The Bertz CT molecular complexity index is 1070. The van der Waals surface area contributed by atoms with Gasteiger partial charge in [-0.3, -0.25) is 0 Å². The maximum Gasteiger partial charge on any atom is 0.417 e. The van der Waals surface area contributed by atoms with Gasteiger partial charge in [-0.15, -0.1) is 0 Å². The highest BCUT2D eigenvalue weighted by Crippen LogP contribution is 2.34. The van der Waals surface area contributed by atoms with Crippen LogP contribution in [0.3, 0.4) is 0 Å². The molecule has 24 heavy (non-hydrogen) atoms. The number of nitrogens with zero attached hydrogens (tertiary/aromatic N) is 3. The minimum atomic E-state index is -4.43. The number of halogens is 3. The summed E-state index contributed by atoms with van der Waals surface area (Å²) in [6.07, 6.45) is 3.19. The van der Waals surface area contributed by atoms with Crippen molar-refractivity contribution >= 4 is 22.6 Å². The number of H-pyrrole nitrogens is 1. The van der Waals surface area contributed by atoms with Gasteiger partial charge in [-0.25, -0.2) is 9.50 Å². The molecule has 120 valence electrons. The molecule has 4 aromatic heterocycles. The van der Waals surface area contributed by atoms with Gasteiger partial charge in [0.1, 0.15) is 5.65 Å². The summed E-state index contributed by atoms with van der Waals surface area (Å²) in [6, 6.07) is 4.78. The van der Waals surface area contributed by atoms with E-state index >= 15 is 0 Å². The zero-order valence-electron chi connectivity index (χ0n) is 12.3. The van der Waals surface area contributed by atoms with Crippen LogP contribution in [0.2, 0.25) is 0 Å². The van der Waals surface area contributed by atoms with Crippen LogP contribution in [-0.2, 0) is 6.18 Å². The summed E-state index contributed by atoms with van der Waals surface area (Å²) in [7, 11) is 0. The predicted molar refractivity (Wildman–Crippen MR) is 85.4 cm³/mol. The molecule has 0 aliphatic heterocycles. The second kappa shape index (κ2) is 4.95. The first kappa shape index (κ1) is 14.5. The van der Waals surface area contributed by atoms with Crippen LogP contribution >= 0.6 is 0 Å². The largest absolute Gasteiger partial charge is 0.417 e. The number of aromatic amines is 1. The predicted octanol–water partition coefficient (Wildman–Crippen LogP) is 4.54. The molecule has 1 N–H and O–H groups in total. The molecule has 0 radical (unpaired) electrons. The van der Waals surface area contributed by atoms with E-state index in [0.717, 1.165) is 28.9 Å². The maximum absolute atomic E-state index is 12.9. The second-order valence-corrected chi connectivity index (χ2v) is 5.37. The van der Waals surface area contributed by atoms with Crippen LogP contribution in [0.25, 0.3) is 33.8 Å². The molecule has 0 bridgehead atoms. The van der Waals surface area contributed by atoms with Crippen molar-refractivity contribution in [3.8, 4) is 11.1 Å². The first-order chi connectivity index (χ1) is 11.5. The van der Waals surface area contributed by atoms with Gasteiger partial charge < -0.3 is 4.98 Å². The Kier molecular flexibility index (Phi) is 2.99. The summed E-state index contributed by atoms with van der Waals surface area (Å²) in [6.45, 7) is 3.74. The van der Waals surface area contributed by atoms with E-state index in [1.165, 1.54) is 0 Å². The van der Waals surface area contributed by atoms with Gasteiger partial charge in [0.05, 0.1) is 17.3 Å². The highest BCUT2D eigenvalue weighted by Gasteiger charge is 2.31. The maximum atomic E-state index is 12.9. The van der Waals surface area contributed by atoms with E-state index in [1.54, 1.807) is 35.2 Å². The van der Waals surface area contributed by atoms with Crippen molar-refractivity contribution in [2.45, 2.75) is 6.18 Å². The molecule has 7 heteroatoms. The van der Waals surface area contributed by atoms with E-state index < -0.39 is 11.7 Å². The zero-order valence-corrected chi connectivity index (χ0v) is 12.3. The van der Waals surface area contributed by atoms with Gasteiger partial charge in [0.2, 0.25) is 0 Å². The lowest BCUT2D eigenvalue weighted by Gasteiger charge is -2.06. The summed E-state index contributed by atoms with van der Waals surface area (Å²) in [5.41, 5.74) is 2.76. The smallest absolute Gasteiger partial charge is 0.346 e. The quantitative estimate of drug-likeness (QED) is 0.587. The highest BCUT2D eigenvalue weighted by molar-refractivity contribution is 5.94. The number of hydrogen-bond acceptors (Lipinski definition) is 2. The van der Waals surface area contributed by atoms with E-state index in [1.807, 2.05) is 6.07 Å². The Labute approximate surface area is 134 Å². The SMILES string of the molecule is C=Cc1cnn2ccc(-c3c[nH]c4ncc(C(F)(F)F)cc34)cc12. The van der Waals surface area contributed by atoms with Crippen molar-refractivity contribution in [1.82, 2.24) is 19.6 Å². The van der Waals surface area contributed by atoms with Crippen molar-refractivity contribution in [1.29, 1.82) is 0 Å². The molecular formula is C17H11F3N4. The van der Waals surface area contributed by atoms with E-state index in [0.29, 0.717) is 16.6 Å². The van der Waals surface area contributed by atoms with Gasteiger partial charge in [-0.05, 0) is 23.8 Å². The summed E-state index contributed by atoms with van der Waals surface area (Å²) < 4.78 is 40.5. The van der Waals surface area contributed by atoms with Crippen molar-refractivity contribution in [2.75, 3.05) is 0 Å². The molecular weight excluding hydrogens is 317 g/mol.